The van der Waals surface area contributed by atoms with Crippen molar-refractivity contribution in [2.45, 2.75) is 70.1 Å². The van der Waals surface area contributed by atoms with Crippen LogP contribution in [-0.2, 0) is 16.6 Å². The maximum absolute atomic E-state index is 13.9. The van der Waals surface area contributed by atoms with Crippen LogP contribution in [0.25, 0.3) is 0 Å². The van der Waals surface area contributed by atoms with Crippen LogP contribution < -0.4 is 9.47 Å². The predicted octanol–water partition coefficient (Wildman–Crippen LogP) is 4.84. The molecule has 0 unspecified atom stereocenters. The number of phenols is 1. The third kappa shape index (κ3) is 4.09. The molecular formula is C34H40N2O4. The van der Waals surface area contributed by atoms with E-state index in [0.29, 0.717) is 24.3 Å². The zero-order valence-electron chi connectivity index (χ0n) is 24.1. The Morgan fingerprint density at radius 3 is 2.90 bits per heavy atom. The van der Waals surface area contributed by atoms with E-state index in [1.807, 2.05) is 42.2 Å². The predicted molar refractivity (Wildman–Crippen MR) is 156 cm³/mol. The average molecular weight is 541 g/mol. The van der Waals surface area contributed by atoms with Crippen LogP contribution in [0, 0.1) is 30.6 Å². The van der Waals surface area contributed by atoms with Crippen molar-refractivity contribution in [3.63, 3.8) is 0 Å². The Hall–Kier alpha value is -3.43. The van der Waals surface area contributed by atoms with E-state index in [2.05, 4.69) is 37.2 Å². The minimum absolute atomic E-state index is 0.116. The topological polar surface area (TPSA) is 62.2 Å². The molecule has 6 heteroatoms. The van der Waals surface area contributed by atoms with E-state index in [0.717, 1.165) is 66.8 Å². The van der Waals surface area contributed by atoms with Gasteiger partial charge < -0.3 is 19.5 Å². The van der Waals surface area contributed by atoms with Crippen LogP contribution in [0.15, 0.2) is 43.0 Å². The first-order chi connectivity index (χ1) is 19.3. The molecule has 1 saturated carbocycles. The Morgan fingerprint density at radius 1 is 1.35 bits per heavy atom. The number of rotatable bonds is 6. The van der Waals surface area contributed by atoms with Crippen molar-refractivity contribution in [1.82, 2.24) is 9.80 Å². The molecule has 2 heterocycles. The Labute approximate surface area is 238 Å². The molecule has 5 atom stereocenters. The number of hydrogen-bond acceptors (Lipinski definition) is 5. The normalized spacial score (nSPS) is 27.7. The van der Waals surface area contributed by atoms with Gasteiger partial charge in [-0.1, -0.05) is 38.0 Å². The number of phenolic OH excluding ortho intramolecular Hbond substituents is 1. The summed E-state index contributed by atoms with van der Waals surface area (Å²) in [5.41, 5.74) is 3.80. The van der Waals surface area contributed by atoms with Crippen molar-refractivity contribution in [3.8, 4) is 29.1 Å². The van der Waals surface area contributed by atoms with Crippen molar-refractivity contribution in [1.29, 1.82) is 0 Å². The third-order valence-corrected chi connectivity index (χ3v) is 9.63. The van der Waals surface area contributed by atoms with Gasteiger partial charge in [-0.3, -0.25) is 9.69 Å². The number of aryl methyl sites for hydroxylation is 1. The lowest BCUT2D eigenvalue weighted by Gasteiger charge is -2.60. The SMILES string of the molecule is C=CCN1CC[C@]23c4c5c(O)cc(OC)c4O[C@H]2[C@@H](N(CC(C)C)C(=O)C#Cc2cccc(C)c2)CC[C@H]3[C@H]1C5. The fourth-order valence-corrected chi connectivity index (χ4v) is 8.20. The molecule has 0 aromatic heterocycles. The van der Waals surface area contributed by atoms with Crippen LogP contribution in [0.2, 0.25) is 0 Å². The molecule has 0 radical (unpaired) electrons. The van der Waals surface area contributed by atoms with Crippen molar-refractivity contribution in [2.75, 3.05) is 26.7 Å². The van der Waals surface area contributed by atoms with Gasteiger partial charge in [0, 0.05) is 53.2 Å². The summed E-state index contributed by atoms with van der Waals surface area (Å²) in [6.45, 7) is 12.7. The minimum Gasteiger partial charge on any atom is -0.508 e. The van der Waals surface area contributed by atoms with Gasteiger partial charge in [-0.15, -0.1) is 6.58 Å². The molecule has 2 bridgehead atoms. The molecule has 2 aromatic carbocycles. The number of carbonyl (C=O) groups is 1. The van der Waals surface area contributed by atoms with Crippen molar-refractivity contribution < 1.29 is 19.4 Å². The largest absolute Gasteiger partial charge is 0.508 e. The van der Waals surface area contributed by atoms with Crippen LogP contribution in [0.1, 0.15) is 55.4 Å². The van der Waals surface area contributed by atoms with Crippen LogP contribution in [0.4, 0.5) is 0 Å². The number of methoxy groups -OCH3 is 1. The molecule has 2 aliphatic carbocycles. The van der Waals surface area contributed by atoms with Gasteiger partial charge in [0.2, 0.25) is 0 Å². The smallest absolute Gasteiger partial charge is 0.299 e. The summed E-state index contributed by atoms with van der Waals surface area (Å²) in [7, 11) is 1.63. The van der Waals surface area contributed by atoms with E-state index < -0.39 is 0 Å². The summed E-state index contributed by atoms with van der Waals surface area (Å²) < 4.78 is 12.7. The summed E-state index contributed by atoms with van der Waals surface area (Å²) in [6.07, 6.45) is 5.32. The van der Waals surface area contributed by atoms with E-state index in [4.69, 9.17) is 9.47 Å². The molecule has 210 valence electrons. The third-order valence-electron chi connectivity index (χ3n) is 9.63. The molecule has 2 aliphatic heterocycles. The second kappa shape index (κ2) is 10.2. The van der Waals surface area contributed by atoms with Crippen LogP contribution in [0.5, 0.6) is 17.2 Å². The van der Waals surface area contributed by atoms with Crippen LogP contribution in [-0.4, -0.2) is 65.7 Å². The van der Waals surface area contributed by atoms with Crippen molar-refractivity contribution in [2.24, 2.45) is 11.8 Å². The van der Waals surface area contributed by atoms with Crippen LogP contribution >= 0.6 is 0 Å². The lowest BCUT2D eigenvalue weighted by Crippen LogP contribution is -2.69. The number of ether oxygens (including phenoxy) is 2. The molecule has 1 N–H and O–H groups in total. The Bertz CT molecular complexity index is 1400. The first kappa shape index (κ1) is 26.8. The first-order valence-electron chi connectivity index (χ1n) is 14.6. The Balaban J connectivity index is 1.43. The van der Waals surface area contributed by atoms with Gasteiger partial charge in [-0.2, -0.15) is 0 Å². The number of piperidine rings is 1. The standard InChI is InChI=1S/C34H40N2O4/c1-6-15-35-16-14-34-25-11-12-26(36(20-21(2)3)30(38)13-10-23-9-7-8-22(4)17-23)33(34)40-32-29(39-5)19-28(37)24(31(32)34)18-27(25)35/h6-9,17,19,21,25-27,33,37H,1,11-12,14-16,18,20H2,2-5H3/t25-,26-,27+,33-,34-/m0/s1. The highest BCUT2D eigenvalue weighted by atomic mass is 16.5. The molecule has 6 nitrogen and oxygen atoms in total. The van der Waals surface area contributed by atoms with Crippen molar-refractivity contribution in [3.05, 3.63) is 65.2 Å². The second-order valence-corrected chi connectivity index (χ2v) is 12.4. The molecule has 40 heavy (non-hydrogen) atoms. The average Bonchev–Trinajstić information content (AvgIpc) is 3.27. The molecule has 2 aromatic rings. The number of aromatic hydroxyl groups is 1. The lowest BCUT2D eigenvalue weighted by molar-refractivity contribution is -0.137. The quantitative estimate of drug-likeness (QED) is 0.420. The molecule has 4 aliphatic rings. The Kier molecular flexibility index (Phi) is 6.82. The summed E-state index contributed by atoms with van der Waals surface area (Å²) in [5.74, 6) is 8.21. The fourth-order valence-electron chi connectivity index (χ4n) is 8.20. The van der Waals surface area contributed by atoms with E-state index in [-0.39, 0.29) is 35.1 Å². The number of carbonyl (C=O) groups excluding carboxylic acids is 1. The van der Waals surface area contributed by atoms with Gasteiger partial charge >= 0.3 is 0 Å². The zero-order chi connectivity index (χ0) is 28.2. The highest BCUT2D eigenvalue weighted by Gasteiger charge is 2.67. The van der Waals surface area contributed by atoms with E-state index in [9.17, 15) is 9.90 Å². The Morgan fingerprint density at radius 2 is 2.17 bits per heavy atom. The molecule has 6 rings (SSSR count). The van der Waals surface area contributed by atoms with Gasteiger partial charge in [0.1, 0.15) is 11.9 Å². The maximum Gasteiger partial charge on any atom is 0.299 e. The van der Waals surface area contributed by atoms with Crippen molar-refractivity contribution >= 4 is 5.91 Å². The van der Waals surface area contributed by atoms with Gasteiger partial charge in [0.15, 0.2) is 11.5 Å². The highest BCUT2D eigenvalue weighted by Crippen LogP contribution is 2.65. The van der Waals surface area contributed by atoms with Gasteiger partial charge in [0.25, 0.3) is 5.91 Å². The number of hydrogen-bond donors (Lipinski definition) is 1. The number of benzene rings is 2. The van der Waals surface area contributed by atoms with E-state index in [1.165, 1.54) is 0 Å². The zero-order valence-corrected chi connectivity index (χ0v) is 24.1. The van der Waals surface area contributed by atoms with Crippen LogP contribution in [0.3, 0.4) is 0 Å². The molecule has 1 saturated heterocycles. The molecular weight excluding hydrogens is 500 g/mol. The lowest BCUT2D eigenvalue weighted by atomic mass is 9.50. The summed E-state index contributed by atoms with van der Waals surface area (Å²) in [6, 6.07) is 9.84. The molecule has 1 amide bonds. The first-order valence-corrected chi connectivity index (χ1v) is 14.6. The fraction of sp³-hybridized carbons (Fsp3) is 0.500. The van der Waals surface area contributed by atoms with Gasteiger partial charge in [-0.05, 0) is 68.7 Å². The van der Waals surface area contributed by atoms with E-state index >= 15 is 0 Å². The van der Waals surface area contributed by atoms with Gasteiger partial charge in [0.05, 0.1) is 13.2 Å². The number of likely N-dealkylation sites (tertiary alicyclic amines) is 1. The summed E-state index contributed by atoms with van der Waals surface area (Å²) >= 11 is 0. The summed E-state index contributed by atoms with van der Waals surface area (Å²) in [5, 5.41) is 11.2. The molecule has 1 spiro atoms. The van der Waals surface area contributed by atoms with Gasteiger partial charge in [-0.25, -0.2) is 0 Å². The monoisotopic (exact) mass is 540 g/mol. The number of amides is 1. The number of nitrogens with zero attached hydrogens (tertiary/aromatic N) is 2. The maximum atomic E-state index is 13.9. The van der Waals surface area contributed by atoms with E-state index in [1.54, 1.807) is 13.2 Å². The second-order valence-electron chi connectivity index (χ2n) is 12.4. The highest BCUT2D eigenvalue weighted by molar-refractivity contribution is 5.94. The molecule has 2 fully saturated rings. The minimum atomic E-state index is -0.278. The summed E-state index contributed by atoms with van der Waals surface area (Å²) in [4.78, 5) is 18.4.